The number of aromatic nitrogens is 4. The SMILES string of the molecule is CC(=O)Nc1c(C)cc(Nc2nn3c(C(F)(F)F)nnc3c(C)c2C)cc1C. The van der Waals surface area contributed by atoms with Crippen LogP contribution in [0.2, 0.25) is 0 Å². The Morgan fingerprint density at radius 3 is 2.18 bits per heavy atom. The minimum atomic E-state index is -4.67. The molecule has 1 aromatic carbocycles. The number of benzene rings is 1. The van der Waals surface area contributed by atoms with Gasteiger partial charge in [-0.3, -0.25) is 4.79 Å². The van der Waals surface area contributed by atoms with Gasteiger partial charge in [-0.2, -0.15) is 17.7 Å². The third-order valence-electron chi connectivity index (χ3n) is 4.44. The summed E-state index contributed by atoms with van der Waals surface area (Å²) < 4.78 is 40.2. The number of alkyl halides is 3. The Balaban J connectivity index is 2.07. The molecule has 3 rings (SSSR count). The molecule has 148 valence electrons. The Morgan fingerprint density at radius 2 is 1.64 bits per heavy atom. The number of amides is 1. The molecular formula is C18H19F3N6O. The number of hydrogen-bond donors (Lipinski definition) is 2. The lowest BCUT2D eigenvalue weighted by molar-refractivity contribution is -0.146. The molecule has 10 heteroatoms. The van der Waals surface area contributed by atoms with E-state index in [4.69, 9.17) is 0 Å². The van der Waals surface area contributed by atoms with E-state index in [-0.39, 0.29) is 17.4 Å². The van der Waals surface area contributed by atoms with Gasteiger partial charge in [0.2, 0.25) is 5.91 Å². The summed E-state index contributed by atoms with van der Waals surface area (Å²) in [5.41, 5.74) is 4.23. The molecule has 0 aliphatic heterocycles. The van der Waals surface area contributed by atoms with Gasteiger partial charge >= 0.3 is 6.18 Å². The molecule has 0 aliphatic carbocycles. The molecule has 1 amide bonds. The van der Waals surface area contributed by atoms with Crippen molar-refractivity contribution >= 4 is 28.7 Å². The van der Waals surface area contributed by atoms with Gasteiger partial charge in [-0.15, -0.1) is 15.3 Å². The summed E-state index contributed by atoms with van der Waals surface area (Å²) in [4.78, 5) is 11.3. The van der Waals surface area contributed by atoms with Gasteiger partial charge in [-0.05, 0) is 51.0 Å². The van der Waals surface area contributed by atoms with Crippen molar-refractivity contribution in [2.75, 3.05) is 10.6 Å². The van der Waals surface area contributed by atoms with Crippen LogP contribution >= 0.6 is 0 Å². The average molecular weight is 392 g/mol. The van der Waals surface area contributed by atoms with E-state index >= 15 is 0 Å². The fraction of sp³-hybridized carbons (Fsp3) is 0.333. The molecule has 0 radical (unpaired) electrons. The number of rotatable bonds is 3. The van der Waals surface area contributed by atoms with E-state index in [1.165, 1.54) is 6.92 Å². The highest BCUT2D eigenvalue weighted by Gasteiger charge is 2.38. The minimum absolute atomic E-state index is 0.0590. The van der Waals surface area contributed by atoms with Gasteiger partial charge in [-0.1, -0.05) is 0 Å². The Kier molecular flexibility index (Phi) is 4.74. The van der Waals surface area contributed by atoms with Crippen LogP contribution in [0.25, 0.3) is 5.65 Å². The van der Waals surface area contributed by atoms with Crippen molar-refractivity contribution in [1.29, 1.82) is 0 Å². The smallest absolute Gasteiger partial charge is 0.339 e. The van der Waals surface area contributed by atoms with Gasteiger partial charge in [0.25, 0.3) is 5.82 Å². The van der Waals surface area contributed by atoms with E-state index in [1.807, 2.05) is 13.8 Å². The molecule has 0 spiro atoms. The van der Waals surface area contributed by atoms with Crippen molar-refractivity contribution in [3.63, 3.8) is 0 Å². The summed E-state index contributed by atoms with van der Waals surface area (Å²) in [6, 6.07) is 3.57. The topological polar surface area (TPSA) is 84.2 Å². The van der Waals surface area contributed by atoms with Crippen LogP contribution < -0.4 is 10.6 Å². The molecule has 0 saturated heterocycles. The summed E-state index contributed by atoms with van der Waals surface area (Å²) in [5.74, 6) is -1.10. The number of carbonyl (C=O) groups is 1. The van der Waals surface area contributed by atoms with Gasteiger partial charge in [0.1, 0.15) is 0 Å². The summed E-state index contributed by atoms with van der Waals surface area (Å²) in [7, 11) is 0. The van der Waals surface area contributed by atoms with E-state index in [0.29, 0.717) is 27.0 Å². The van der Waals surface area contributed by atoms with Crippen molar-refractivity contribution in [2.45, 2.75) is 40.8 Å². The number of nitrogens with zero attached hydrogens (tertiary/aromatic N) is 4. The second-order valence-electron chi connectivity index (χ2n) is 6.65. The van der Waals surface area contributed by atoms with Gasteiger partial charge in [0.05, 0.1) is 0 Å². The second-order valence-corrected chi connectivity index (χ2v) is 6.65. The van der Waals surface area contributed by atoms with Crippen LogP contribution in [0, 0.1) is 27.7 Å². The molecule has 3 aromatic rings. The first kappa shape index (κ1) is 19.6. The summed E-state index contributed by atoms with van der Waals surface area (Å²) in [5, 5.41) is 16.8. The average Bonchev–Trinajstić information content (AvgIpc) is 3.00. The zero-order valence-electron chi connectivity index (χ0n) is 16.0. The fourth-order valence-corrected chi connectivity index (χ4v) is 2.97. The summed E-state index contributed by atoms with van der Waals surface area (Å²) in [6.45, 7) is 8.51. The normalized spacial score (nSPS) is 11.7. The summed E-state index contributed by atoms with van der Waals surface area (Å²) >= 11 is 0. The van der Waals surface area contributed by atoms with E-state index in [1.54, 1.807) is 26.0 Å². The number of anilines is 3. The molecule has 0 unspecified atom stereocenters. The van der Waals surface area contributed by atoms with Crippen molar-refractivity contribution in [1.82, 2.24) is 19.8 Å². The molecule has 0 fully saturated rings. The van der Waals surface area contributed by atoms with Crippen molar-refractivity contribution in [2.24, 2.45) is 0 Å². The highest BCUT2D eigenvalue weighted by atomic mass is 19.4. The Labute approximate surface area is 159 Å². The first-order chi connectivity index (χ1) is 13.0. The first-order valence-electron chi connectivity index (χ1n) is 8.44. The molecule has 0 bridgehead atoms. The number of aryl methyl sites for hydroxylation is 3. The van der Waals surface area contributed by atoms with Gasteiger partial charge in [0, 0.05) is 29.4 Å². The third kappa shape index (κ3) is 3.49. The molecule has 28 heavy (non-hydrogen) atoms. The van der Waals surface area contributed by atoms with Gasteiger partial charge < -0.3 is 10.6 Å². The molecule has 0 atom stereocenters. The van der Waals surface area contributed by atoms with E-state index in [2.05, 4.69) is 25.9 Å². The maximum Gasteiger partial charge on any atom is 0.453 e. The standard InChI is InChI=1S/C18H19F3N6O/c1-8-6-13(7-9(2)14(8)22-12(5)28)23-15-10(3)11(4)16-24-25-17(18(19,20)21)27(16)26-15/h6-7H,1-5H3,(H,22,28)(H,23,26). The van der Waals surface area contributed by atoms with E-state index in [9.17, 15) is 18.0 Å². The Hall–Kier alpha value is -3.17. The van der Waals surface area contributed by atoms with Crippen LogP contribution in [0.1, 0.15) is 35.0 Å². The maximum absolute atomic E-state index is 13.2. The lowest BCUT2D eigenvalue weighted by Crippen LogP contribution is -2.14. The molecular weight excluding hydrogens is 373 g/mol. The van der Waals surface area contributed by atoms with E-state index < -0.39 is 12.0 Å². The number of hydrogen-bond acceptors (Lipinski definition) is 5. The fourth-order valence-electron chi connectivity index (χ4n) is 2.97. The van der Waals surface area contributed by atoms with Crippen LogP contribution in [-0.2, 0) is 11.0 Å². The molecule has 2 aromatic heterocycles. The zero-order valence-corrected chi connectivity index (χ0v) is 16.0. The number of fused-ring (bicyclic) bond motifs is 1. The number of carbonyl (C=O) groups excluding carboxylic acids is 1. The summed E-state index contributed by atoms with van der Waals surface area (Å²) in [6.07, 6.45) is -4.67. The second kappa shape index (κ2) is 6.77. The number of nitrogens with one attached hydrogen (secondary N) is 2. The molecule has 2 heterocycles. The van der Waals surface area contributed by atoms with Crippen LogP contribution in [0.15, 0.2) is 12.1 Å². The maximum atomic E-state index is 13.2. The van der Waals surface area contributed by atoms with Gasteiger partial charge in [-0.25, -0.2) is 0 Å². The van der Waals surface area contributed by atoms with Crippen LogP contribution in [0.3, 0.4) is 0 Å². The Bertz CT molecular complexity index is 1060. The van der Waals surface area contributed by atoms with E-state index in [0.717, 1.165) is 11.1 Å². The lowest BCUT2D eigenvalue weighted by Gasteiger charge is -2.16. The highest BCUT2D eigenvalue weighted by molar-refractivity contribution is 5.91. The largest absolute Gasteiger partial charge is 0.453 e. The predicted molar refractivity (Wildman–Crippen MR) is 98.8 cm³/mol. The zero-order chi connectivity index (χ0) is 20.8. The molecule has 2 N–H and O–H groups in total. The molecule has 0 saturated carbocycles. The predicted octanol–water partition coefficient (Wildman–Crippen LogP) is 4.08. The monoisotopic (exact) mass is 392 g/mol. The highest BCUT2D eigenvalue weighted by Crippen LogP contribution is 2.31. The molecule has 0 aliphatic rings. The first-order valence-corrected chi connectivity index (χ1v) is 8.44. The van der Waals surface area contributed by atoms with Gasteiger partial charge in [0.15, 0.2) is 11.5 Å². The third-order valence-corrected chi connectivity index (χ3v) is 4.44. The van der Waals surface area contributed by atoms with Crippen molar-refractivity contribution < 1.29 is 18.0 Å². The van der Waals surface area contributed by atoms with Crippen molar-refractivity contribution in [3.8, 4) is 0 Å². The lowest BCUT2D eigenvalue weighted by atomic mass is 10.1. The van der Waals surface area contributed by atoms with Crippen molar-refractivity contribution in [3.05, 3.63) is 40.2 Å². The van der Waals surface area contributed by atoms with Crippen LogP contribution in [-0.4, -0.2) is 25.7 Å². The minimum Gasteiger partial charge on any atom is -0.339 e. The van der Waals surface area contributed by atoms with Crippen LogP contribution in [0.5, 0.6) is 0 Å². The Morgan fingerprint density at radius 1 is 1.04 bits per heavy atom. The van der Waals surface area contributed by atoms with Crippen LogP contribution in [0.4, 0.5) is 30.4 Å². The quantitative estimate of drug-likeness (QED) is 0.702. The molecule has 7 nitrogen and oxygen atoms in total. The number of halogens is 3.